The van der Waals surface area contributed by atoms with Gasteiger partial charge in [0.2, 0.25) is 0 Å². The molecule has 0 spiro atoms. The van der Waals surface area contributed by atoms with Gasteiger partial charge in [0.15, 0.2) is 5.11 Å². The van der Waals surface area contributed by atoms with Crippen molar-refractivity contribution in [3.8, 4) is 0 Å². The number of halogens is 1. The Labute approximate surface area is 123 Å². The maximum Gasteiger partial charge on any atom is 0.166 e. The minimum absolute atomic E-state index is 0.593. The van der Waals surface area contributed by atoms with Crippen molar-refractivity contribution in [2.24, 2.45) is 0 Å². The van der Waals surface area contributed by atoms with Crippen LogP contribution in [-0.2, 0) is 13.0 Å². The quantitative estimate of drug-likeness (QED) is 0.831. The van der Waals surface area contributed by atoms with Crippen LogP contribution in [0.15, 0.2) is 47.1 Å². The number of hydrogen-bond acceptors (Lipinski definition) is 2. The Bertz CT molecular complexity index is 528. The van der Waals surface area contributed by atoms with E-state index in [4.69, 9.17) is 28.2 Å². The summed E-state index contributed by atoms with van der Waals surface area (Å²) < 4.78 is 5.21. The highest BCUT2D eigenvalue weighted by Gasteiger charge is 1.99. The van der Waals surface area contributed by atoms with E-state index in [-0.39, 0.29) is 0 Å². The molecule has 1 aromatic heterocycles. The third-order valence-corrected chi connectivity index (χ3v) is 3.12. The second-order valence-corrected chi connectivity index (χ2v) is 4.91. The van der Waals surface area contributed by atoms with Gasteiger partial charge in [-0.15, -0.1) is 0 Å². The molecule has 0 aliphatic carbocycles. The summed E-state index contributed by atoms with van der Waals surface area (Å²) in [7, 11) is 0. The van der Waals surface area contributed by atoms with Crippen molar-refractivity contribution in [2.45, 2.75) is 13.0 Å². The van der Waals surface area contributed by atoms with Gasteiger partial charge in [-0.3, -0.25) is 0 Å². The van der Waals surface area contributed by atoms with Gasteiger partial charge in [0.1, 0.15) is 5.76 Å². The molecule has 0 unspecified atom stereocenters. The topological polar surface area (TPSA) is 37.2 Å². The molecule has 0 fully saturated rings. The Morgan fingerprint density at radius 3 is 2.84 bits per heavy atom. The molecule has 2 N–H and O–H groups in total. The minimum atomic E-state index is 0.593. The predicted octanol–water partition coefficient (Wildman–Crippen LogP) is 3.14. The number of thiocarbonyl (C=S) groups is 1. The van der Waals surface area contributed by atoms with Crippen molar-refractivity contribution in [3.63, 3.8) is 0 Å². The molecule has 1 heterocycles. The van der Waals surface area contributed by atoms with Gasteiger partial charge in [-0.2, -0.15) is 0 Å². The highest BCUT2D eigenvalue weighted by Crippen LogP contribution is 2.10. The number of nitrogens with one attached hydrogen (secondary N) is 2. The molecule has 0 amide bonds. The number of benzene rings is 1. The summed E-state index contributed by atoms with van der Waals surface area (Å²) in [6.45, 7) is 1.36. The molecule has 1 aromatic carbocycles. The van der Waals surface area contributed by atoms with E-state index < -0.39 is 0 Å². The molecule has 100 valence electrons. The van der Waals surface area contributed by atoms with Gasteiger partial charge in [0.25, 0.3) is 0 Å². The van der Waals surface area contributed by atoms with Gasteiger partial charge in [-0.05, 0) is 48.5 Å². The molecule has 3 nitrogen and oxygen atoms in total. The molecule has 0 saturated heterocycles. The second-order valence-electron chi connectivity index (χ2n) is 4.07. The molecule has 2 aromatic rings. The van der Waals surface area contributed by atoms with E-state index in [0.717, 1.165) is 23.7 Å². The van der Waals surface area contributed by atoms with E-state index in [2.05, 4.69) is 10.6 Å². The highest BCUT2D eigenvalue weighted by atomic mass is 35.5. The molecule has 0 atom stereocenters. The van der Waals surface area contributed by atoms with Gasteiger partial charge in [0, 0.05) is 11.6 Å². The number of rotatable bonds is 5. The first kappa shape index (κ1) is 13.9. The molecule has 0 saturated carbocycles. The third kappa shape index (κ3) is 4.93. The zero-order valence-electron chi connectivity index (χ0n) is 10.4. The van der Waals surface area contributed by atoms with Crippen LogP contribution in [0, 0.1) is 0 Å². The first-order chi connectivity index (χ1) is 9.24. The van der Waals surface area contributed by atoms with Crippen molar-refractivity contribution in [2.75, 3.05) is 6.54 Å². The van der Waals surface area contributed by atoms with Crippen molar-refractivity contribution in [1.82, 2.24) is 10.6 Å². The Balaban J connectivity index is 1.66. The number of furan rings is 1. The maximum absolute atomic E-state index is 5.92. The van der Waals surface area contributed by atoms with Crippen LogP contribution in [0.3, 0.4) is 0 Å². The SMILES string of the molecule is S=C(NCCc1cccc(Cl)c1)NCc1ccco1. The summed E-state index contributed by atoms with van der Waals surface area (Å²) >= 11 is 11.1. The fourth-order valence-corrected chi connectivity index (χ4v) is 2.04. The fourth-order valence-electron chi connectivity index (χ4n) is 1.66. The molecular weight excluding hydrogens is 280 g/mol. The van der Waals surface area contributed by atoms with Gasteiger partial charge in [-0.25, -0.2) is 0 Å². The van der Waals surface area contributed by atoms with Crippen molar-refractivity contribution < 1.29 is 4.42 Å². The van der Waals surface area contributed by atoms with E-state index >= 15 is 0 Å². The van der Waals surface area contributed by atoms with Crippen LogP contribution < -0.4 is 10.6 Å². The summed E-state index contributed by atoms with van der Waals surface area (Å²) in [6.07, 6.45) is 2.52. The molecule has 5 heteroatoms. The lowest BCUT2D eigenvalue weighted by molar-refractivity contribution is 0.502. The number of hydrogen-bond donors (Lipinski definition) is 2. The zero-order chi connectivity index (χ0) is 13.5. The van der Waals surface area contributed by atoms with E-state index in [1.165, 1.54) is 5.56 Å². The van der Waals surface area contributed by atoms with Crippen LogP contribution in [0.2, 0.25) is 5.02 Å². The van der Waals surface area contributed by atoms with E-state index in [9.17, 15) is 0 Å². The average Bonchev–Trinajstić information content (AvgIpc) is 2.89. The van der Waals surface area contributed by atoms with Crippen molar-refractivity contribution in [3.05, 3.63) is 59.0 Å². The van der Waals surface area contributed by atoms with Crippen LogP contribution >= 0.6 is 23.8 Å². The third-order valence-electron chi connectivity index (χ3n) is 2.59. The van der Waals surface area contributed by atoms with Gasteiger partial charge in [0.05, 0.1) is 12.8 Å². The largest absolute Gasteiger partial charge is 0.467 e. The average molecular weight is 295 g/mol. The predicted molar refractivity (Wildman–Crippen MR) is 81.3 cm³/mol. The maximum atomic E-state index is 5.92. The molecule has 2 rings (SSSR count). The standard InChI is InChI=1S/C14H15ClN2OS/c15-12-4-1-3-11(9-12)6-7-16-14(19)17-10-13-5-2-8-18-13/h1-5,8-9H,6-7,10H2,(H2,16,17,19). The summed E-state index contributed by atoms with van der Waals surface area (Å²) in [6, 6.07) is 11.6. The molecule has 0 radical (unpaired) electrons. The van der Waals surface area contributed by atoms with Crippen molar-refractivity contribution in [1.29, 1.82) is 0 Å². The lowest BCUT2D eigenvalue weighted by Gasteiger charge is -2.09. The Hall–Kier alpha value is -1.52. The van der Waals surface area contributed by atoms with Crippen LogP contribution in [0.5, 0.6) is 0 Å². The van der Waals surface area contributed by atoms with Gasteiger partial charge < -0.3 is 15.1 Å². The summed E-state index contributed by atoms with van der Waals surface area (Å²) in [5, 5.41) is 7.62. The molecule has 19 heavy (non-hydrogen) atoms. The van der Waals surface area contributed by atoms with Crippen molar-refractivity contribution >= 4 is 28.9 Å². The first-order valence-corrected chi connectivity index (χ1v) is 6.81. The van der Waals surface area contributed by atoms with E-state index in [1.54, 1.807) is 6.26 Å². The van der Waals surface area contributed by atoms with Gasteiger partial charge >= 0.3 is 0 Å². The fraction of sp³-hybridized carbons (Fsp3) is 0.214. The molecule has 0 aliphatic heterocycles. The zero-order valence-corrected chi connectivity index (χ0v) is 11.9. The van der Waals surface area contributed by atoms with Crippen LogP contribution in [0.4, 0.5) is 0 Å². The molecule has 0 bridgehead atoms. The Morgan fingerprint density at radius 1 is 1.21 bits per heavy atom. The van der Waals surface area contributed by atoms with Gasteiger partial charge in [-0.1, -0.05) is 23.7 Å². The van der Waals surface area contributed by atoms with Crippen LogP contribution in [-0.4, -0.2) is 11.7 Å². The smallest absolute Gasteiger partial charge is 0.166 e. The summed E-state index contributed by atoms with van der Waals surface area (Å²) in [5.41, 5.74) is 1.19. The molecule has 0 aliphatic rings. The minimum Gasteiger partial charge on any atom is -0.467 e. The molecular formula is C14H15ClN2OS. The van der Waals surface area contributed by atoms with Crippen LogP contribution in [0.25, 0.3) is 0 Å². The van der Waals surface area contributed by atoms with E-state index in [0.29, 0.717) is 11.7 Å². The van der Waals surface area contributed by atoms with Crippen LogP contribution in [0.1, 0.15) is 11.3 Å². The lowest BCUT2D eigenvalue weighted by Crippen LogP contribution is -2.35. The summed E-state index contributed by atoms with van der Waals surface area (Å²) in [5.74, 6) is 0.860. The Morgan fingerprint density at radius 2 is 2.11 bits per heavy atom. The van der Waals surface area contributed by atoms with E-state index in [1.807, 2.05) is 36.4 Å². The first-order valence-electron chi connectivity index (χ1n) is 6.02. The monoisotopic (exact) mass is 294 g/mol. The normalized spacial score (nSPS) is 10.2. The highest BCUT2D eigenvalue weighted by molar-refractivity contribution is 7.80. The second kappa shape index (κ2) is 7.16. The Kier molecular flexibility index (Phi) is 5.24. The summed E-state index contributed by atoms with van der Waals surface area (Å²) in [4.78, 5) is 0. The lowest BCUT2D eigenvalue weighted by atomic mass is 10.1.